The molecule has 2 N–H and O–H groups in total. The highest BCUT2D eigenvalue weighted by atomic mass is 16.2. The number of anilines is 3. The summed E-state index contributed by atoms with van der Waals surface area (Å²) < 4.78 is 0. The number of rotatable bonds is 7. The van der Waals surface area contributed by atoms with Crippen LogP contribution in [0.4, 0.5) is 17.1 Å². The molecule has 0 spiro atoms. The molecule has 1 aliphatic rings. The van der Waals surface area contributed by atoms with Gasteiger partial charge in [-0.15, -0.1) is 0 Å². The minimum absolute atomic E-state index is 0.0356. The molecule has 1 atom stereocenters. The zero-order valence-electron chi connectivity index (χ0n) is 22.2. The lowest BCUT2D eigenvalue weighted by Gasteiger charge is -2.40. The van der Waals surface area contributed by atoms with Crippen molar-refractivity contribution in [2.75, 3.05) is 61.9 Å². The molecule has 0 aromatic heterocycles. The Morgan fingerprint density at radius 2 is 1.51 bits per heavy atom. The third-order valence-corrected chi connectivity index (χ3v) is 7.19. The molecule has 3 aromatic carbocycles. The van der Waals surface area contributed by atoms with Gasteiger partial charge in [0.15, 0.2) is 0 Å². The van der Waals surface area contributed by atoms with Crippen LogP contribution in [0.15, 0.2) is 72.8 Å². The van der Waals surface area contributed by atoms with Crippen LogP contribution in [0.2, 0.25) is 0 Å². The first-order chi connectivity index (χ1) is 17.8. The SMILES string of the molecule is Cc1cccc(NC(=O)C(=O)NCC(c2ccc(N(C)C)cc2)N2CCN(c3ccccc3)CC2)c1C. The van der Waals surface area contributed by atoms with Gasteiger partial charge in [-0.3, -0.25) is 14.5 Å². The van der Waals surface area contributed by atoms with E-state index < -0.39 is 11.8 Å². The number of benzene rings is 3. The maximum atomic E-state index is 12.8. The van der Waals surface area contributed by atoms with Crippen LogP contribution in [0, 0.1) is 13.8 Å². The third kappa shape index (κ3) is 6.49. The molecule has 2 amide bonds. The van der Waals surface area contributed by atoms with E-state index in [2.05, 4.69) is 73.9 Å². The van der Waals surface area contributed by atoms with Crippen LogP contribution < -0.4 is 20.4 Å². The molecule has 1 aliphatic heterocycles. The Labute approximate surface area is 220 Å². The van der Waals surface area contributed by atoms with Crippen molar-refractivity contribution in [3.05, 3.63) is 89.5 Å². The minimum atomic E-state index is -0.649. The standard InChI is InChI=1S/C30H37N5O2/c1-22-9-8-12-27(23(22)2)32-30(37)29(36)31-21-28(24-13-15-25(16-14-24)33(3)4)35-19-17-34(18-20-35)26-10-6-5-7-11-26/h5-16,28H,17-21H2,1-4H3,(H,31,36)(H,32,37). The van der Waals surface area contributed by atoms with Crippen molar-refractivity contribution in [3.63, 3.8) is 0 Å². The summed E-state index contributed by atoms with van der Waals surface area (Å²) in [5.41, 5.74) is 6.15. The van der Waals surface area contributed by atoms with E-state index in [0.29, 0.717) is 12.2 Å². The third-order valence-electron chi connectivity index (χ3n) is 7.19. The van der Waals surface area contributed by atoms with Crippen molar-refractivity contribution in [2.24, 2.45) is 0 Å². The Kier molecular flexibility index (Phi) is 8.46. The van der Waals surface area contributed by atoms with E-state index in [0.717, 1.165) is 48.6 Å². The zero-order valence-corrected chi connectivity index (χ0v) is 22.2. The number of amides is 2. The van der Waals surface area contributed by atoms with Gasteiger partial charge in [-0.1, -0.05) is 42.5 Å². The van der Waals surface area contributed by atoms with Crippen molar-refractivity contribution in [3.8, 4) is 0 Å². The van der Waals surface area contributed by atoms with Crippen LogP contribution in [0.1, 0.15) is 22.7 Å². The second kappa shape index (κ2) is 11.9. The number of para-hydroxylation sites is 1. The molecule has 7 heteroatoms. The van der Waals surface area contributed by atoms with Crippen LogP contribution in [0.3, 0.4) is 0 Å². The van der Waals surface area contributed by atoms with Crippen molar-refractivity contribution < 1.29 is 9.59 Å². The van der Waals surface area contributed by atoms with Crippen molar-refractivity contribution in [2.45, 2.75) is 19.9 Å². The lowest BCUT2D eigenvalue weighted by molar-refractivity contribution is -0.136. The number of piperazine rings is 1. The summed E-state index contributed by atoms with van der Waals surface area (Å²) in [6.45, 7) is 7.79. The van der Waals surface area contributed by atoms with Crippen LogP contribution >= 0.6 is 0 Å². The summed E-state index contributed by atoms with van der Waals surface area (Å²) in [4.78, 5) is 32.3. The molecule has 37 heavy (non-hydrogen) atoms. The van der Waals surface area contributed by atoms with Crippen LogP contribution in [0.25, 0.3) is 0 Å². The van der Waals surface area contributed by atoms with Crippen LogP contribution in [-0.4, -0.2) is 63.5 Å². The molecule has 0 bridgehead atoms. The maximum Gasteiger partial charge on any atom is 0.313 e. The van der Waals surface area contributed by atoms with Gasteiger partial charge >= 0.3 is 11.8 Å². The Morgan fingerprint density at radius 3 is 2.16 bits per heavy atom. The van der Waals surface area contributed by atoms with Gasteiger partial charge in [-0.25, -0.2) is 0 Å². The molecule has 4 rings (SSSR count). The highest BCUT2D eigenvalue weighted by molar-refractivity contribution is 6.39. The smallest absolute Gasteiger partial charge is 0.313 e. The highest BCUT2D eigenvalue weighted by Gasteiger charge is 2.27. The van der Waals surface area contributed by atoms with Crippen molar-refractivity contribution in [1.29, 1.82) is 0 Å². The van der Waals surface area contributed by atoms with E-state index in [1.54, 1.807) is 0 Å². The summed E-state index contributed by atoms with van der Waals surface area (Å²) in [7, 11) is 4.04. The number of nitrogens with zero attached hydrogens (tertiary/aromatic N) is 3. The number of carbonyl (C=O) groups excluding carboxylic acids is 2. The fraction of sp³-hybridized carbons (Fsp3) is 0.333. The van der Waals surface area contributed by atoms with E-state index in [1.807, 2.05) is 52.2 Å². The van der Waals surface area contributed by atoms with Crippen LogP contribution in [0.5, 0.6) is 0 Å². The molecule has 0 aliphatic carbocycles. The average molecular weight is 500 g/mol. The van der Waals surface area contributed by atoms with Gasteiger partial charge in [-0.05, 0) is 60.9 Å². The Balaban J connectivity index is 1.44. The van der Waals surface area contributed by atoms with Gasteiger partial charge in [0.2, 0.25) is 0 Å². The van der Waals surface area contributed by atoms with E-state index in [9.17, 15) is 9.59 Å². The van der Waals surface area contributed by atoms with Gasteiger partial charge in [0.25, 0.3) is 0 Å². The normalized spacial score (nSPS) is 14.6. The first-order valence-corrected chi connectivity index (χ1v) is 12.8. The molecular weight excluding hydrogens is 462 g/mol. The van der Waals surface area contributed by atoms with Gasteiger partial charge < -0.3 is 20.4 Å². The highest BCUT2D eigenvalue weighted by Crippen LogP contribution is 2.26. The molecule has 0 radical (unpaired) electrons. The number of nitrogens with one attached hydrogen (secondary N) is 2. The summed E-state index contributed by atoms with van der Waals surface area (Å²) >= 11 is 0. The quantitative estimate of drug-likeness (QED) is 0.481. The lowest BCUT2D eigenvalue weighted by Crippen LogP contribution is -2.50. The summed E-state index contributed by atoms with van der Waals surface area (Å²) in [5.74, 6) is -1.27. The van der Waals surface area contributed by atoms with E-state index in [1.165, 1.54) is 5.69 Å². The first-order valence-electron chi connectivity index (χ1n) is 12.8. The molecule has 1 heterocycles. The Bertz CT molecular complexity index is 1200. The van der Waals surface area contributed by atoms with Gasteiger partial charge in [0, 0.05) is 63.9 Å². The fourth-order valence-corrected chi connectivity index (χ4v) is 4.72. The Morgan fingerprint density at radius 1 is 0.838 bits per heavy atom. The maximum absolute atomic E-state index is 12.8. The second-order valence-electron chi connectivity index (χ2n) is 9.77. The summed E-state index contributed by atoms with van der Waals surface area (Å²) in [6.07, 6.45) is 0. The van der Waals surface area contributed by atoms with Gasteiger partial charge in [-0.2, -0.15) is 0 Å². The topological polar surface area (TPSA) is 67.9 Å². The monoisotopic (exact) mass is 499 g/mol. The summed E-state index contributed by atoms with van der Waals surface area (Å²) in [6, 6.07) is 24.5. The number of aryl methyl sites for hydroxylation is 1. The largest absolute Gasteiger partial charge is 0.378 e. The molecular formula is C30H37N5O2. The van der Waals surface area contributed by atoms with Crippen LogP contribution in [-0.2, 0) is 9.59 Å². The fourth-order valence-electron chi connectivity index (χ4n) is 4.72. The van der Waals surface area contributed by atoms with Gasteiger partial charge in [0.1, 0.15) is 0 Å². The zero-order chi connectivity index (χ0) is 26.4. The van der Waals surface area contributed by atoms with E-state index >= 15 is 0 Å². The van der Waals surface area contributed by atoms with E-state index in [-0.39, 0.29) is 6.04 Å². The van der Waals surface area contributed by atoms with Gasteiger partial charge in [0.05, 0.1) is 6.04 Å². The predicted octanol–water partition coefficient (Wildman–Crippen LogP) is 3.99. The first kappa shape index (κ1) is 26.2. The second-order valence-corrected chi connectivity index (χ2v) is 9.77. The molecule has 1 fully saturated rings. The minimum Gasteiger partial charge on any atom is -0.378 e. The number of hydrogen-bond acceptors (Lipinski definition) is 5. The molecule has 3 aromatic rings. The predicted molar refractivity (Wildman–Crippen MR) is 151 cm³/mol. The number of carbonyl (C=O) groups is 2. The van der Waals surface area contributed by atoms with Crippen molar-refractivity contribution in [1.82, 2.24) is 10.2 Å². The van der Waals surface area contributed by atoms with Crippen molar-refractivity contribution >= 4 is 28.9 Å². The summed E-state index contributed by atoms with van der Waals surface area (Å²) in [5, 5.41) is 5.66. The molecule has 1 saturated heterocycles. The van der Waals surface area contributed by atoms with E-state index in [4.69, 9.17) is 0 Å². The molecule has 0 saturated carbocycles. The molecule has 1 unspecified atom stereocenters. The Hall–Kier alpha value is -3.84. The lowest BCUT2D eigenvalue weighted by atomic mass is 10.0. The average Bonchev–Trinajstić information content (AvgIpc) is 2.92. The number of hydrogen-bond donors (Lipinski definition) is 2. The molecule has 194 valence electrons. The molecule has 7 nitrogen and oxygen atoms in total.